The molecule has 0 fully saturated rings. The Morgan fingerprint density at radius 1 is 1.10 bits per heavy atom. The lowest BCUT2D eigenvalue weighted by Gasteiger charge is -2.20. The third kappa shape index (κ3) is 3.86. The van der Waals surface area contributed by atoms with E-state index < -0.39 is 23.1 Å². The molecule has 0 unspecified atom stereocenters. The Kier molecular flexibility index (Phi) is 5.67. The molecular weight excluding hydrogens is 408 g/mol. The zero-order chi connectivity index (χ0) is 21.1. The van der Waals surface area contributed by atoms with Crippen molar-refractivity contribution in [2.45, 2.75) is 13.5 Å². The van der Waals surface area contributed by atoms with Crippen molar-refractivity contribution >= 4 is 32.6 Å². The number of thiazole rings is 1. The molecule has 152 valence electrons. The lowest BCUT2D eigenvalue weighted by atomic mass is 10.1. The van der Waals surface area contributed by atoms with Gasteiger partial charge in [0.05, 0.1) is 17.9 Å². The maximum atomic E-state index is 14.3. The maximum absolute atomic E-state index is 14.3. The fraction of sp³-hybridized carbons (Fsp3) is 0.136. The first-order valence-corrected chi connectivity index (χ1v) is 10.1. The molecule has 8 heteroatoms. The van der Waals surface area contributed by atoms with Gasteiger partial charge in [0.2, 0.25) is 0 Å². The molecule has 0 aliphatic rings. The predicted molar refractivity (Wildman–Crippen MR) is 112 cm³/mol. The summed E-state index contributed by atoms with van der Waals surface area (Å²) in [6, 6.07) is 12.3. The monoisotopic (exact) mass is 425 g/mol. The van der Waals surface area contributed by atoms with Crippen LogP contribution in [-0.4, -0.2) is 22.5 Å². The van der Waals surface area contributed by atoms with E-state index in [-0.39, 0.29) is 6.54 Å². The van der Waals surface area contributed by atoms with Crippen molar-refractivity contribution in [3.63, 3.8) is 0 Å². The van der Waals surface area contributed by atoms with E-state index in [0.29, 0.717) is 28.6 Å². The summed E-state index contributed by atoms with van der Waals surface area (Å²) in [5.74, 6) is -2.07. The molecule has 2 heterocycles. The number of rotatable bonds is 6. The topological polar surface area (TPSA) is 55.3 Å². The molecule has 0 spiro atoms. The number of fused-ring (bicyclic) bond motifs is 1. The molecule has 0 radical (unpaired) electrons. The number of aromatic nitrogens is 2. The van der Waals surface area contributed by atoms with Crippen LogP contribution in [0.5, 0.6) is 5.75 Å². The van der Waals surface area contributed by atoms with Gasteiger partial charge >= 0.3 is 0 Å². The van der Waals surface area contributed by atoms with Crippen molar-refractivity contribution < 1.29 is 18.3 Å². The molecule has 5 nitrogen and oxygen atoms in total. The Hall–Kier alpha value is -3.39. The minimum absolute atomic E-state index is 0.0598. The molecule has 1 amide bonds. The van der Waals surface area contributed by atoms with Crippen LogP contribution in [0.4, 0.5) is 13.9 Å². The summed E-state index contributed by atoms with van der Waals surface area (Å²) in [4.78, 5) is 23.1. The van der Waals surface area contributed by atoms with Crippen LogP contribution in [0.3, 0.4) is 0 Å². The van der Waals surface area contributed by atoms with Gasteiger partial charge < -0.3 is 4.74 Å². The van der Waals surface area contributed by atoms with Crippen LogP contribution < -0.4 is 9.64 Å². The number of para-hydroxylation sites is 1. The fourth-order valence-corrected chi connectivity index (χ4v) is 4.02. The number of carbonyl (C=O) groups is 1. The number of nitrogens with zero attached hydrogens (tertiary/aromatic N) is 3. The van der Waals surface area contributed by atoms with E-state index in [9.17, 15) is 13.6 Å². The lowest BCUT2D eigenvalue weighted by Crippen LogP contribution is -2.32. The van der Waals surface area contributed by atoms with Gasteiger partial charge in [-0.15, -0.1) is 0 Å². The highest BCUT2D eigenvalue weighted by atomic mass is 32.1. The third-order valence-corrected chi connectivity index (χ3v) is 5.43. The second-order valence-electron chi connectivity index (χ2n) is 6.38. The smallest absolute Gasteiger partial charge is 0.266 e. The maximum Gasteiger partial charge on any atom is 0.266 e. The Labute approximate surface area is 175 Å². The van der Waals surface area contributed by atoms with Crippen LogP contribution in [0.1, 0.15) is 22.8 Å². The molecule has 0 aliphatic carbocycles. The average molecular weight is 425 g/mol. The molecule has 4 rings (SSSR count). The molecule has 2 aromatic carbocycles. The number of halogens is 2. The van der Waals surface area contributed by atoms with Crippen molar-refractivity contribution in [3.8, 4) is 5.75 Å². The van der Waals surface area contributed by atoms with Gasteiger partial charge in [-0.25, -0.2) is 13.8 Å². The van der Waals surface area contributed by atoms with E-state index in [1.807, 2.05) is 19.1 Å². The number of pyridine rings is 1. The molecule has 0 bridgehead atoms. The van der Waals surface area contributed by atoms with Crippen molar-refractivity contribution in [1.29, 1.82) is 0 Å². The zero-order valence-electron chi connectivity index (χ0n) is 16.0. The molecule has 0 saturated heterocycles. The summed E-state index contributed by atoms with van der Waals surface area (Å²) in [6.45, 7) is 2.39. The molecule has 0 saturated carbocycles. The Morgan fingerprint density at radius 3 is 2.57 bits per heavy atom. The molecule has 0 aliphatic heterocycles. The minimum Gasteiger partial charge on any atom is -0.492 e. The Morgan fingerprint density at radius 2 is 1.87 bits per heavy atom. The highest BCUT2D eigenvalue weighted by molar-refractivity contribution is 7.22. The number of amides is 1. The van der Waals surface area contributed by atoms with Gasteiger partial charge in [0.15, 0.2) is 5.13 Å². The van der Waals surface area contributed by atoms with E-state index in [1.165, 1.54) is 22.3 Å². The molecular formula is C22H17F2N3O2S. The molecule has 30 heavy (non-hydrogen) atoms. The van der Waals surface area contributed by atoms with Crippen molar-refractivity contribution in [3.05, 3.63) is 83.7 Å². The van der Waals surface area contributed by atoms with Gasteiger partial charge in [-0.2, -0.15) is 0 Å². The van der Waals surface area contributed by atoms with E-state index >= 15 is 0 Å². The third-order valence-electron chi connectivity index (χ3n) is 4.39. The minimum atomic E-state index is -0.924. The largest absolute Gasteiger partial charge is 0.492 e. The number of carbonyl (C=O) groups excluding carboxylic acids is 1. The predicted octanol–water partition coefficient (Wildman–Crippen LogP) is 5.22. The SMILES string of the molecule is CCOc1cccc2sc(N(Cc3cccnc3)C(=O)c3c(F)cccc3F)nc12. The fourth-order valence-electron chi connectivity index (χ4n) is 3.04. The van der Waals surface area contributed by atoms with Crippen LogP contribution in [0.25, 0.3) is 10.2 Å². The van der Waals surface area contributed by atoms with Crippen molar-refractivity contribution in [1.82, 2.24) is 9.97 Å². The number of benzene rings is 2. The summed E-state index contributed by atoms with van der Waals surface area (Å²) in [5, 5.41) is 0.314. The van der Waals surface area contributed by atoms with E-state index in [1.54, 1.807) is 30.6 Å². The summed E-state index contributed by atoms with van der Waals surface area (Å²) < 4.78 is 35.1. The van der Waals surface area contributed by atoms with Gasteiger partial charge in [0.1, 0.15) is 28.5 Å². The quantitative estimate of drug-likeness (QED) is 0.425. The number of ether oxygens (including phenoxy) is 1. The second kappa shape index (κ2) is 8.54. The number of hydrogen-bond donors (Lipinski definition) is 0. The van der Waals surface area contributed by atoms with Crippen LogP contribution in [0.2, 0.25) is 0 Å². The van der Waals surface area contributed by atoms with E-state index in [2.05, 4.69) is 9.97 Å². The standard InChI is InChI=1S/C22H17F2N3O2S/c1-2-29-17-9-4-10-18-20(17)26-22(30-18)27(13-14-6-5-11-25-12-14)21(28)19-15(23)7-3-8-16(19)24/h3-12H,2,13H2,1H3. The lowest BCUT2D eigenvalue weighted by molar-refractivity contribution is 0.0977. The Bertz CT molecular complexity index is 1180. The van der Waals surface area contributed by atoms with Crippen LogP contribution in [0.15, 0.2) is 60.9 Å². The van der Waals surface area contributed by atoms with Crippen molar-refractivity contribution in [2.24, 2.45) is 0 Å². The van der Waals surface area contributed by atoms with Crippen LogP contribution in [0, 0.1) is 11.6 Å². The normalized spacial score (nSPS) is 10.9. The highest BCUT2D eigenvalue weighted by Gasteiger charge is 2.27. The van der Waals surface area contributed by atoms with Crippen molar-refractivity contribution in [2.75, 3.05) is 11.5 Å². The average Bonchev–Trinajstić information content (AvgIpc) is 3.18. The zero-order valence-corrected chi connectivity index (χ0v) is 16.8. The highest BCUT2D eigenvalue weighted by Crippen LogP contribution is 2.35. The molecule has 2 aromatic heterocycles. The van der Waals surface area contributed by atoms with E-state index in [0.717, 1.165) is 16.8 Å². The molecule has 0 N–H and O–H groups in total. The summed E-state index contributed by atoms with van der Waals surface area (Å²) in [5.41, 5.74) is 0.676. The van der Waals surface area contributed by atoms with Crippen LogP contribution >= 0.6 is 11.3 Å². The van der Waals surface area contributed by atoms with Gasteiger partial charge in [-0.05, 0) is 42.8 Å². The van der Waals surface area contributed by atoms with E-state index in [4.69, 9.17) is 4.74 Å². The van der Waals surface area contributed by atoms with Gasteiger partial charge in [-0.1, -0.05) is 29.5 Å². The number of hydrogen-bond acceptors (Lipinski definition) is 5. The summed E-state index contributed by atoms with van der Waals surface area (Å²) >= 11 is 1.25. The van der Waals surface area contributed by atoms with Gasteiger partial charge in [-0.3, -0.25) is 14.7 Å². The summed E-state index contributed by atoms with van der Waals surface area (Å²) in [6.07, 6.45) is 3.20. The first kappa shape index (κ1) is 19.9. The van der Waals surface area contributed by atoms with Crippen LogP contribution in [-0.2, 0) is 6.54 Å². The molecule has 0 atom stereocenters. The first-order chi connectivity index (χ1) is 14.6. The molecule has 4 aromatic rings. The second-order valence-corrected chi connectivity index (χ2v) is 7.39. The number of anilines is 1. The first-order valence-electron chi connectivity index (χ1n) is 9.25. The van der Waals surface area contributed by atoms with Gasteiger partial charge in [0, 0.05) is 12.4 Å². The van der Waals surface area contributed by atoms with Gasteiger partial charge in [0.25, 0.3) is 5.91 Å². The Balaban J connectivity index is 1.82. The summed E-state index contributed by atoms with van der Waals surface area (Å²) in [7, 11) is 0.